The van der Waals surface area contributed by atoms with Crippen LogP contribution in [0.1, 0.15) is 78.2 Å². The highest BCUT2D eigenvalue weighted by molar-refractivity contribution is 6.00. The van der Waals surface area contributed by atoms with Crippen LogP contribution in [0.3, 0.4) is 0 Å². The van der Waals surface area contributed by atoms with Crippen LogP contribution in [0.25, 0.3) is 0 Å². The number of benzene rings is 1. The first-order valence-corrected chi connectivity index (χ1v) is 21.0. The third kappa shape index (κ3) is 22.9. The van der Waals surface area contributed by atoms with Crippen LogP contribution in [0.2, 0.25) is 0 Å². The van der Waals surface area contributed by atoms with Crippen LogP contribution in [-0.2, 0) is 68.7 Å². The van der Waals surface area contributed by atoms with E-state index < -0.39 is 164 Å². The highest BCUT2D eigenvalue weighted by Gasteiger charge is 2.37. The number of nitrogens with two attached hydrogens (primary N) is 1. The second kappa shape index (κ2) is 28.3. The average Bonchev–Trinajstić information content (AvgIpc) is 3.21. The summed E-state index contributed by atoms with van der Waals surface area (Å²) in [5.41, 5.74) is 6.03. The summed E-state index contributed by atoms with van der Waals surface area (Å²) in [6.45, 7) is 6.43. The van der Waals surface area contributed by atoms with E-state index >= 15 is 0 Å². The zero-order valence-electron chi connectivity index (χ0n) is 37.8. The molecule has 1 aromatic rings. The van der Waals surface area contributed by atoms with Crippen molar-refractivity contribution >= 4 is 77.2 Å². The number of nitrogens with one attached hydrogen (secondary N) is 7. The molecule has 0 aliphatic rings. The monoisotopic (exact) mass is 982 g/mol. The third-order valence-corrected chi connectivity index (χ3v) is 9.45. The zero-order valence-corrected chi connectivity index (χ0v) is 37.8. The number of phenolic OH excluding ortho intramolecular Hbond substituents is 1. The minimum Gasteiger partial charge on any atom is -0.508 e. The van der Waals surface area contributed by atoms with Gasteiger partial charge >= 0.3 is 35.8 Å². The van der Waals surface area contributed by atoms with Gasteiger partial charge in [0, 0.05) is 6.42 Å². The molecule has 8 atom stereocenters. The quantitative estimate of drug-likeness (QED) is 0.0339. The number of hydrogen-bond acceptors (Lipinski definition) is 15. The smallest absolute Gasteiger partial charge is 0.326 e. The van der Waals surface area contributed by atoms with Crippen LogP contribution >= 0.6 is 0 Å². The third-order valence-electron chi connectivity index (χ3n) is 9.45. The van der Waals surface area contributed by atoms with E-state index in [9.17, 15) is 93.0 Å². The summed E-state index contributed by atoms with van der Waals surface area (Å²) in [4.78, 5) is 164. The molecule has 28 nitrogen and oxygen atoms in total. The van der Waals surface area contributed by atoms with Crippen molar-refractivity contribution in [3.63, 3.8) is 0 Å². The lowest BCUT2D eigenvalue weighted by Gasteiger charge is -2.27. The first-order chi connectivity index (χ1) is 32.0. The van der Waals surface area contributed by atoms with E-state index in [4.69, 9.17) is 10.8 Å². The number of phenols is 1. The Kier molecular flexibility index (Phi) is 24.2. The second-order valence-corrected chi connectivity index (χ2v) is 16.5. The van der Waals surface area contributed by atoms with Gasteiger partial charge in [0.25, 0.3) is 0 Å². The van der Waals surface area contributed by atoms with Gasteiger partial charge in [-0.3, -0.25) is 57.5 Å². The Morgan fingerprint density at radius 1 is 0.406 bits per heavy atom. The van der Waals surface area contributed by atoms with E-state index in [1.165, 1.54) is 24.3 Å². The first kappa shape index (κ1) is 59.1. The maximum atomic E-state index is 13.8. The molecular formula is C41H58N8O20. The Hall–Kier alpha value is -7.91. The molecule has 16 N–H and O–H groups in total. The lowest BCUT2D eigenvalue weighted by Crippen LogP contribution is -2.61. The molecule has 0 aliphatic heterocycles. The van der Waals surface area contributed by atoms with Crippen molar-refractivity contribution < 1.29 is 98.1 Å². The van der Waals surface area contributed by atoms with Crippen LogP contribution in [0.5, 0.6) is 5.75 Å². The molecule has 1 rings (SSSR count). The highest BCUT2D eigenvalue weighted by Crippen LogP contribution is 2.14. The van der Waals surface area contributed by atoms with E-state index in [0.717, 1.165) is 0 Å². The number of aromatic hydroxyl groups is 1. The molecule has 0 unspecified atom stereocenters. The number of amides is 7. The molecule has 28 heteroatoms. The summed E-state index contributed by atoms with van der Waals surface area (Å²) in [5.74, 6) is -20.1. The molecule has 382 valence electrons. The number of carboxylic acid groups (broad SMARTS) is 6. The molecule has 0 saturated heterocycles. The standard InChI is InChI=1S/C41H58N8O20/c1-17(2)9-22(44-36(63)23(11-19-5-7-20(50)8-6-19)43-34(61)21(42)12-29(51)52)35(62)45-24(13-30(53)54)37(64)46-25(14-31(55)56)38(65)47-26(15-32(57)58)39(66)48-27(16-33(59)60)40(67)49-28(41(68)69)10-18(3)4/h5-8,17-18,21-28,50H,9-16,42H2,1-4H3,(H,43,61)(H,44,63)(H,45,62)(H,46,64)(H,47,65)(H,48,66)(H,49,67)(H,51,52)(H,53,54)(H,55,56)(H,57,58)(H,59,60)(H,68,69)/t21-,22-,23-,24-,25-,26-,27-,28-/m0/s1. The summed E-state index contributed by atoms with van der Waals surface area (Å²) < 4.78 is 0. The fourth-order valence-corrected chi connectivity index (χ4v) is 6.20. The molecule has 0 heterocycles. The Morgan fingerprint density at radius 3 is 1.00 bits per heavy atom. The first-order valence-electron chi connectivity index (χ1n) is 21.0. The summed E-state index contributed by atoms with van der Waals surface area (Å²) >= 11 is 0. The van der Waals surface area contributed by atoms with Crippen molar-refractivity contribution in [1.29, 1.82) is 0 Å². The fourth-order valence-electron chi connectivity index (χ4n) is 6.20. The SMILES string of the molecule is CC(C)C[C@H](NC(=O)[C@H](CC(=O)O)NC(=O)[C@H](CC(=O)O)NC(=O)[C@H](CC(=O)O)NC(=O)[C@H](CC(=O)O)NC(=O)[C@H](CC(C)C)NC(=O)[C@H](Cc1ccc(O)cc1)NC(=O)[C@@H](N)CC(=O)O)C(=O)O. The van der Waals surface area contributed by atoms with Gasteiger partial charge in [0.2, 0.25) is 41.4 Å². The number of carbonyl (C=O) groups excluding carboxylic acids is 7. The predicted molar refractivity (Wildman–Crippen MR) is 231 cm³/mol. The fraction of sp³-hybridized carbons (Fsp3) is 0.537. The molecular weight excluding hydrogens is 924 g/mol. The maximum Gasteiger partial charge on any atom is 0.326 e. The Balaban J connectivity index is 3.48. The van der Waals surface area contributed by atoms with Crippen LogP contribution in [0.4, 0.5) is 0 Å². The van der Waals surface area contributed by atoms with Gasteiger partial charge in [-0.25, -0.2) is 4.79 Å². The number of rotatable bonds is 31. The molecule has 1 aromatic carbocycles. The van der Waals surface area contributed by atoms with E-state index in [0.29, 0.717) is 5.56 Å². The summed E-state index contributed by atoms with van der Waals surface area (Å²) in [6.07, 6.45) is -6.50. The van der Waals surface area contributed by atoms with Gasteiger partial charge in [-0.1, -0.05) is 39.8 Å². The van der Waals surface area contributed by atoms with Gasteiger partial charge in [0.15, 0.2) is 0 Å². The van der Waals surface area contributed by atoms with Gasteiger partial charge < -0.3 is 78.7 Å². The van der Waals surface area contributed by atoms with Crippen molar-refractivity contribution in [2.24, 2.45) is 17.6 Å². The number of carbonyl (C=O) groups is 13. The van der Waals surface area contributed by atoms with Crippen LogP contribution in [0.15, 0.2) is 24.3 Å². The lowest BCUT2D eigenvalue weighted by molar-refractivity contribution is -0.145. The van der Waals surface area contributed by atoms with Gasteiger partial charge in [0.05, 0.1) is 38.1 Å². The van der Waals surface area contributed by atoms with E-state index in [-0.39, 0.29) is 30.9 Å². The normalized spacial score (nSPS) is 14.4. The van der Waals surface area contributed by atoms with Crippen molar-refractivity contribution in [3.8, 4) is 5.75 Å². The minimum absolute atomic E-state index is 0.131. The Morgan fingerprint density at radius 2 is 0.681 bits per heavy atom. The van der Waals surface area contributed by atoms with Gasteiger partial charge in [-0.2, -0.15) is 0 Å². The molecule has 0 bridgehead atoms. The van der Waals surface area contributed by atoms with E-state index in [1.807, 2.05) is 16.0 Å². The Bertz CT molecular complexity index is 2080. The summed E-state index contributed by atoms with van der Waals surface area (Å²) in [6, 6.07) is -9.74. The van der Waals surface area contributed by atoms with Crippen molar-refractivity contribution in [3.05, 3.63) is 29.8 Å². The molecule has 0 aromatic heterocycles. The van der Waals surface area contributed by atoms with E-state index in [2.05, 4.69) is 21.3 Å². The van der Waals surface area contributed by atoms with Gasteiger partial charge in [-0.05, 0) is 42.4 Å². The number of carboxylic acids is 6. The second-order valence-electron chi connectivity index (χ2n) is 16.5. The van der Waals surface area contributed by atoms with Crippen LogP contribution in [-0.4, -0.2) is 161 Å². The van der Waals surface area contributed by atoms with Crippen molar-refractivity contribution in [1.82, 2.24) is 37.2 Å². The predicted octanol–water partition coefficient (Wildman–Crippen LogP) is -3.79. The van der Waals surface area contributed by atoms with Gasteiger partial charge in [-0.15, -0.1) is 0 Å². The number of aliphatic carboxylic acids is 6. The summed E-state index contributed by atoms with van der Waals surface area (Å²) in [7, 11) is 0. The molecule has 0 radical (unpaired) electrons. The molecule has 69 heavy (non-hydrogen) atoms. The average molecular weight is 983 g/mol. The highest BCUT2D eigenvalue weighted by atomic mass is 16.4. The maximum absolute atomic E-state index is 13.8. The minimum atomic E-state index is -2.26. The molecule has 0 saturated carbocycles. The Labute approximate surface area is 392 Å². The van der Waals surface area contributed by atoms with Crippen molar-refractivity contribution in [2.45, 2.75) is 127 Å². The van der Waals surface area contributed by atoms with E-state index in [1.54, 1.807) is 27.7 Å². The molecule has 0 aliphatic carbocycles. The number of hydrogen-bond donors (Lipinski definition) is 15. The largest absolute Gasteiger partial charge is 0.508 e. The topological polar surface area (TPSA) is 474 Å². The lowest BCUT2D eigenvalue weighted by atomic mass is 10.00. The molecule has 0 spiro atoms. The van der Waals surface area contributed by atoms with Crippen molar-refractivity contribution in [2.75, 3.05) is 0 Å². The van der Waals surface area contributed by atoms with Gasteiger partial charge in [0.1, 0.15) is 48.0 Å². The van der Waals surface area contributed by atoms with Crippen LogP contribution in [0, 0.1) is 11.8 Å². The zero-order chi connectivity index (χ0) is 52.9. The van der Waals surface area contributed by atoms with Crippen LogP contribution < -0.4 is 43.0 Å². The molecule has 7 amide bonds. The summed E-state index contributed by atoms with van der Waals surface area (Å²) in [5, 5.41) is 81.0. The molecule has 0 fully saturated rings.